The van der Waals surface area contributed by atoms with Crippen molar-refractivity contribution in [2.24, 2.45) is 4.99 Å². The second kappa shape index (κ2) is 10.5. The van der Waals surface area contributed by atoms with Crippen molar-refractivity contribution in [3.05, 3.63) is 29.3 Å². The third kappa shape index (κ3) is 6.18. The number of esters is 1. The van der Waals surface area contributed by atoms with Gasteiger partial charge in [0.2, 0.25) is 0 Å². The van der Waals surface area contributed by atoms with Crippen LogP contribution in [0.15, 0.2) is 23.2 Å². The first kappa shape index (κ1) is 18.8. The van der Waals surface area contributed by atoms with Crippen molar-refractivity contribution in [2.45, 2.75) is 32.7 Å². The van der Waals surface area contributed by atoms with Crippen LogP contribution in [0.3, 0.4) is 0 Å². The Morgan fingerprint density at radius 2 is 2.00 bits per heavy atom. The van der Waals surface area contributed by atoms with Crippen molar-refractivity contribution in [3.8, 4) is 5.75 Å². The van der Waals surface area contributed by atoms with Gasteiger partial charge in [0, 0.05) is 20.1 Å². The lowest BCUT2D eigenvalue weighted by Crippen LogP contribution is -2.37. The lowest BCUT2D eigenvalue weighted by molar-refractivity contribution is 0.0597. The van der Waals surface area contributed by atoms with Crippen LogP contribution in [0, 0.1) is 0 Å². The summed E-state index contributed by atoms with van der Waals surface area (Å²) in [6.07, 6.45) is 3.51. The Balaban J connectivity index is 2.64. The number of aliphatic imine (C=N–C) groups is 1. The smallest absolute Gasteiger partial charge is 0.341 e. The van der Waals surface area contributed by atoms with Crippen LogP contribution in [0.5, 0.6) is 5.75 Å². The molecule has 0 saturated carbocycles. The number of rotatable bonds is 8. The highest BCUT2D eigenvalue weighted by molar-refractivity contribution is 5.92. The molecule has 0 heterocycles. The topological polar surface area (TPSA) is 72.0 Å². The molecule has 128 valence electrons. The van der Waals surface area contributed by atoms with Crippen molar-refractivity contribution < 1.29 is 14.3 Å². The van der Waals surface area contributed by atoms with E-state index in [4.69, 9.17) is 9.47 Å². The summed E-state index contributed by atoms with van der Waals surface area (Å²) in [5, 5.41) is 6.50. The summed E-state index contributed by atoms with van der Waals surface area (Å²) in [4.78, 5) is 16.0. The molecule has 1 aromatic carbocycles. The molecular weight excluding hydrogens is 294 g/mol. The molecule has 0 aliphatic carbocycles. The molecule has 0 spiro atoms. The first-order chi connectivity index (χ1) is 11.2. The van der Waals surface area contributed by atoms with Gasteiger partial charge in [-0.15, -0.1) is 0 Å². The number of methoxy groups -OCH3 is 2. The van der Waals surface area contributed by atoms with Gasteiger partial charge in [-0.25, -0.2) is 4.79 Å². The minimum atomic E-state index is -0.411. The molecule has 0 aromatic heterocycles. The Bertz CT molecular complexity index is 530. The molecular formula is C17H27N3O3. The largest absolute Gasteiger partial charge is 0.496 e. The van der Waals surface area contributed by atoms with Crippen LogP contribution in [0.2, 0.25) is 0 Å². The Labute approximate surface area is 138 Å². The third-order valence-electron chi connectivity index (χ3n) is 3.43. The number of guanidine groups is 1. The summed E-state index contributed by atoms with van der Waals surface area (Å²) in [6.45, 7) is 3.63. The predicted molar refractivity (Wildman–Crippen MR) is 92.1 cm³/mol. The normalized spacial score (nSPS) is 11.0. The fourth-order valence-corrected chi connectivity index (χ4v) is 2.12. The summed E-state index contributed by atoms with van der Waals surface area (Å²) in [6, 6.07) is 5.44. The SMILES string of the molecule is CCCCCNC(=NC)NCc1ccc(OC)c(C(=O)OC)c1. The first-order valence-corrected chi connectivity index (χ1v) is 7.86. The Morgan fingerprint density at radius 3 is 2.61 bits per heavy atom. The van der Waals surface area contributed by atoms with E-state index in [1.54, 1.807) is 19.2 Å². The maximum Gasteiger partial charge on any atom is 0.341 e. The molecule has 0 radical (unpaired) electrons. The Hall–Kier alpha value is -2.24. The number of carbonyl (C=O) groups is 1. The standard InChI is InChI=1S/C17H27N3O3/c1-5-6-7-10-19-17(18-2)20-12-13-8-9-15(22-3)14(11-13)16(21)23-4/h8-9,11H,5-7,10,12H2,1-4H3,(H2,18,19,20). The summed E-state index contributed by atoms with van der Waals surface area (Å²) in [7, 11) is 4.62. The number of hydrogen-bond donors (Lipinski definition) is 2. The molecule has 0 atom stereocenters. The van der Waals surface area contributed by atoms with E-state index in [9.17, 15) is 4.79 Å². The molecule has 0 bridgehead atoms. The molecule has 6 heteroatoms. The van der Waals surface area contributed by atoms with Crippen LogP contribution >= 0.6 is 0 Å². The van der Waals surface area contributed by atoms with Gasteiger partial charge >= 0.3 is 5.97 Å². The highest BCUT2D eigenvalue weighted by Gasteiger charge is 2.13. The van der Waals surface area contributed by atoms with E-state index in [0.717, 1.165) is 24.5 Å². The summed E-state index contributed by atoms with van der Waals surface area (Å²) in [5.41, 5.74) is 1.36. The number of benzene rings is 1. The van der Waals surface area contributed by atoms with Gasteiger partial charge in [0.25, 0.3) is 0 Å². The van der Waals surface area contributed by atoms with E-state index in [1.165, 1.54) is 27.1 Å². The molecule has 0 saturated heterocycles. The molecule has 6 nitrogen and oxygen atoms in total. The zero-order valence-electron chi connectivity index (χ0n) is 14.4. The molecule has 2 N–H and O–H groups in total. The fraction of sp³-hybridized carbons (Fsp3) is 0.529. The molecule has 0 amide bonds. The Kier molecular flexibility index (Phi) is 8.57. The number of carbonyl (C=O) groups excluding carboxylic acids is 1. The van der Waals surface area contributed by atoms with Gasteiger partial charge in [-0.05, 0) is 24.1 Å². The van der Waals surface area contributed by atoms with Gasteiger partial charge in [0.1, 0.15) is 11.3 Å². The van der Waals surface area contributed by atoms with Crippen LogP contribution < -0.4 is 15.4 Å². The lowest BCUT2D eigenvalue weighted by atomic mass is 10.1. The minimum absolute atomic E-state index is 0.411. The predicted octanol–water partition coefficient (Wildman–Crippen LogP) is 2.34. The zero-order chi connectivity index (χ0) is 17.1. The average molecular weight is 321 g/mol. The van der Waals surface area contributed by atoms with Crippen molar-refractivity contribution in [2.75, 3.05) is 27.8 Å². The van der Waals surface area contributed by atoms with Crippen molar-refractivity contribution in [1.82, 2.24) is 10.6 Å². The van der Waals surface area contributed by atoms with Crippen LogP contribution in [-0.2, 0) is 11.3 Å². The maximum absolute atomic E-state index is 11.8. The molecule has 1 rings (SSSR count). The first-order valence-electron chi connectivity index (χ1n) is 7.86. The van der Waals surface area contributed by atoms with Gasteiger partial charge in [-0.3, -0.25) is 4.99 Å². The molecule has 0 aliphatic heterocycles. The second-order valence-corrected chi connectivity index (χ2v) is 5.09. The zero-order valence-corrected chi connectivity index (χ0v) is 14.4. The van der Waals surface area contributed by atoms with E-state index < -0.39 is 5.97 Å². The van der Waals surface area contributed by atoms with Crippen molar-refractivity contribution in [1.29, 1.82) is 0 Å². The van der Waals surface area contributed by atoms with Crippen LogP contribution in [0.4, 0.5) is 0 Å². The number of unbranched alkanes of at least 4 members (excludes halogenated alkanes) is 2. The van der Waals surface area contributed by atoms with E-state index in [-0.39, 0.29) is 0 Å². The van der Waals surface area contributed by atoms with Crippen molar-refractivity contribution in [3.63, 3.8) is 0 Å². The number of nitrogens with one attached hydrogen (secondary N) is 2. The van der Waals surface area contributed by atoms with E-state index >= 15 is 0 Å². The second-order valence-electron chi connectivity index (χ2n) is 5.09. The molecule has 0 aliphatic rings. The van der Waals surface area contributed by atoms with Gasteiger partial charge in [-0.1, -0.05) is 25.8 Å². The highest BCUT2D eigenvalue weighted by atomic mass is 16.5. The Morgan fingerprint density at radius 1 is 1.22 bits per heavy atom. The highest BCUT2D eigenvalue weighted by Crippen LogP contribution is 2.20. The summed E-state index contributed by atoms with van der Waals surface area (Å²) >= 11 is 0. The van der Waals surface area contributed by atoms with Gasteiger partial charge in [0.15, 0.2) is 5.96 Å². The van der Waals surface area contributed by atoms with Gasteiger partial charge in [0.05, 0.1) is 14.2 Å². The number of nitrogens with zero attached hydrogens (tertiary/aromatic N) is 1. The number of ether oxygens (including phenoxy) is 2. The van der Waals surface area contributed by atoms with Crippen LogP contribution in [-0.4, -0.2) is 39.7 Å². The third-order valence-corrected chi connectivity index (χ3v) is 3.43. The molecule has 0 fully saturated rings. The molecule has 1 aromatic rings. The van der Waals surface area contributed by atoms with E-state index in [2.05, 4.69) is 22.5 Å². The maximum atomic E-state index is 11.8. The number of hydrogen-bond acceptors (Lipinski definition) is 4. The van der Waals surface area contributed by atoms with Crippen molar-refractivity contribution >= 4 is 11.9 Å². The van der Waals surface area contributed by atoms with E-state index in [1.807, 2.05) is 6.07 Å². The van der Waals surface area contributed by atoms with Gasteiger partial charge < -0.3 is 20.1 Å². The lowest BCUT2D eigenvalue weighted by Gasteiger charge is -2.13. The van der Waals surface area contributed by atoms with Gasteiger partial charge in [-0.2, -0.15) is 0 Å². The van der Waals surface area contributed by atoms with Crippen LogP contribution in [0.25, 0.3) is 0 Å². The molecule has 23 heavy (non-hydrogen) atoms. The summed E-state index contributed by atoms with van der Waals surface area (Å²) in [5.74, 6) is 0.838. The van der Waals surface area contributed by atoms with E-state index in [0.29, 0.717) is 17.9 Å². The average Bonchev–Trinajstić information content (AvgIpc) is 2.60. The summed E-state index contributed by atoms with van der Waals surface area (Å²) < 4.78 is 9.97. The quantitative estimate of drug-likeness (QED) is 0.333. The fourth-order valence-electron chi connectivity index (χ4n) is 2.12. The molecule has 0 unspecified atom stereocenters. The van der Waals surface area contributed by atoms with Crippen LogP contribution in [0.1, 0.15) is 42.1 Å². The minimum Gasteiger partial charge on any atom is -0.496 e. The monoisotopic (exact) mass is 321 g/mol.